The van der Waals surface area contributed by atoms with Crippen LogP contribution in [0.4, 0.5) is 0 Å². The zero-order chi connectivity index (χ0) is 18.6. The number of ketones is 1. The Bertz CT molecular complexity index is 922. The lowest BCUT2D eigenvalue weighted by molar-refractivity contribution is 0.0603. The summed E-state index contributed by atoms with van der Waals surface area (Å²) in [6.45, 7) is 8.52. The molecule has 0 aliphatic carbocycles. The van der Waals surface area contributed by atoms with Gasteiger partial charge in [0, 0.05) is 33.9 Å². The third kappa shape index (κ3) is 3.29. The molecule has 0 saturated carbocycles. The molecule has 0 N–H and O–H groups in total. The molecular weight excluding hydrogens is 314 g/mol. The van der Waals surface area contributed by atoms with E-state index in [4.69, 9.17) is 4.74 Å². The van der Waals surface area contributed by atoms with Gasteiger partial charge in [-0.15, -0.1) is 0 Å². The summed E-state index contributed by atoms with van der Waals surface area (Å²) < 4.78 is 7.12. The maximum absolute atomic E-state index is 12.2. The first-order valence-corrected chi connectivity index (χ1v) is 8.72. The predicted molar refractivity (Wildman–Crippen MR) is 102 cm³/mol. The quantitative estimate of drug-likeness (QED) is 0.483. The Labute approximate surface area is 148 Å². The van der Waals surface area contributed by atoms with Crippen molar-refractivity contribution in [1.29, 1.82) is 0 Å². The van der Waals surface area contributed by atoms with Gasteiger partial charge in [0.2, 0.25) is 0 Å². The fourth-order valence-corrected chi connectivity index (χ4v) is 3.11. The van der Waals surface area contributed by atoms with Crippen LogP contribution in [-0.4, -0.2) is 23.4 Å². The number of aromatic nitrogens is 1. The van der Waals surface area contributed by atoms with Gasteiger partial charge in [-0.1, -0.05) is 26.8 Å². The number of benzene rings is 2. The Morgan fingerprint density at radius 1 is 1.08 bits per heavy atom. The van der Waals surface area contributed by atoms with E-state index in [2.05, 4.69) is 11.5 Å². The predicted octanol–water partition coefficient (Wildman–Crippen LogP) is 5.22. The molecule has 2 aromatic carbocycles. The van der Waals surface area contributed by atoms with E-state index in [1.807, 2.05) is 44.2 Å². The van der Waals surface area contributed by atoms with Crippen LogP contribution in [0.15, 0.2) is 36.4 Å². The number of carbonyl (C=O) groups excluding carboxylic acids is 2. The summed E-state index contributed by atoms with van der Waals surface area (Å²) in [5, 5.41) is 1.77. The third-order valence-corrected chi connectivity index (χ3v) is 4.15. The van der Waals surface area contributed by atoms with E-state index in [0.717, 1.165) is 34.8 Å². The van der Waals surface area contributed by atoms with Gasteiger partial charge in [0.05, 0.1) is 12.7 Å². The largest absolute Gasteiger partial charge is 0.465 e. The van der Waals surface area contributed by atoms with E-state index in [9.17, 15) is 9.59 Å². The van der Waals surface area contributed by atoms with E-state index in [-0.39, 0.29) is 11.8 Å². The number of fused-ring (bicyclic) bond motifs is 3. The molecule has 0 aliphatic rings. The van der Waals surface area contributed by atoms with Crippen LogP contribution < -0.4 is 0 Å². The standard InChI is InChI=1S/C19H19NO3.C2H6/c1-4-10-20-16-9-8-13(12(2)21)11-15(16)18-14(19(22)23-3)6-5-7-17(18)20;1-2/h5-9,11H,4,10H2,1-3H3;1-2H3. The molecule has 0 fully saturated rings. The fraction of sp³-hybridized carbons (Fsp3) is 0.333. The van der Waals surface area contributed by atoms with Crippen molar-refractivity contribution in [2.75, 3.05) is 7.11 Å². The van der Waals surface area contributed by atoms with Gasteiger partial charge in [0.25, 0.3) is 0 Å². The zero-order valence-corrected chi connectivity index (χ0v) is 15.6. The van der Waals surface area contributed by atoms with Crippen molar-refractivity contribution in [2.24, 2.45) is 0 Å². The monoisotopic (exact) mass is 339 g/mol. The van der Waals surface area contributed by atoms with E-state index >= 15 is 0 Å². The van der Waals surface area contributed by atoms with E-state index < -0.39 is 0 Å². The SMILES string of the molecule is CC.CCCn1c2ccc(C(C)=O)cc2c2c(C(=O)OC)cccc21. The van der Waals surface area contributed by atoms with Crippen LogP contribution in [-0.2, 0) is 11.3 Å². The van der Waals surface area contributed by atoms with Crippen LogP contribution in [0.5, 0.6) is 0 Å². The number of hydrogen-bond acceptors (Lipinski definition) is 3. The number of ether oxygens (including phenoxy) is 1. The number of methoxy groups -OCH3 is 1. The lowest BCUT2D eigenvalue weighted by Gasteiger charge is -2.06. The first kappa shape index (κ1) is 18.7. The molecule has 1 heterocycles. The molecule has 0 aliphatic heterocycles. The van der Waals surface area contributed by atoms with E-state index in [1.54, 1.807) is 13.0 Å². The summed E-state index contributed by atoms with van der Waals surface area (Å²) in [6.07, 6.45) is 0.982. The van der Waals surface area contributed by atoms with Crippen molar-refractivity contribution in [2.45, 2.75) is 40.7 Å². The van der Waals surface area contributed by atoms with Gasteiger partial charge in [-0.25, -0.2) is 4.79 Å². The maximum Gasteiger partial charge on any atom is 0.338 e. The summed E-state index contributed by atoms with van der Waals surface area (Å²) in [4.78, 5) is 23.9. The topological polar surface area (TPSA) is 48.3 Å². The number of carbonyl (C=O) groups is 2. The summed E-state index contributed by atoms with van der Waals surface area (Å²) in [5.74, 6) is -0.349. The highest BCUT2D eigenvalue weighted by molar-refractivity contribution is 6.18. The molecule has 1 aromatic heterocycles. The fourth-order valence-electron chi connectivity index (χ4n) is 3.11. The lowest BCUT2D eigenvalue weighted by atomic mass is 10.0. The number of rotatable bonds is 4. The molecule has 4 heteroatoms. The van der Waals surface area contributed by atoms with Crippen LogP contribution >= 0.6 is 0 Å². The molecule has 132 valence electrons. The molecule has 3 rings (SSSR count). The second-order valence-corrected chi connectivity index (χ2v) is 5.63. The minimum absolute atomic E-state index is 0.0128. The second kappa shape index (κ2) is 7.97. The highest BCUT2D eigenvalue weighted by Gasteiger charge is 2.18. The number of nitrogens with zero attached hydrogens (tertiary/aromatic N) is 1. The number of Topliss-reactive ketones (excluding diaryl/α,β-unsaturated/α-hetero) is 1. The van der Waals surface area contributed by atoms with E-state index in [0.29, 0.717) is 11.1 Å². The molecule has 0 saturated heterocycles. The highest BCUT2D eigenvalue weighted by atomic mass is 16.5. The molecule has 0 bridgehead atoms. The van der Waals surface area contributed by atoms with Crippen LogP contribution in [0.25, 0.3) is 21.8 Å². The smallest absolute Gasteiger partial charge is 0.338 e. The van der Waals surface area contributed by atoms with Gasteiger partial charge in [0.1, 0.15) is 0 Å². The third-order valence-electron chi connectivity index (χ3n) is 4.15. The maximum atomic E-state index is 12.2. The van der Waals surface area contributed by atoms with Crippen molar-refractivity contribution in [3.05, 3.63) is 47.5 Å². The van der Waals surface area contributed by atoms with Crippen molar-refractivity contribution in [1.82, 2.24) is 4.57 Å². The molecule has 4 nitrogen and oxygen atoms in total. The lowest BCUT2D eigenvalue weighted by Crippen LogP contribution is -2.02. The number of aryl methyl sites for hydroxylation is 1. The van der Waals surface area contributed by atoms with Gasteiger partial charge in [-0.3, -0.25) is 4.79 Å². The van der Waals surface area contributed by atoms with Crippen molar-refractivity contribution < 1.29 is 14.3 Å². The van der Waals surface area contributed by atoms with Gasteiger partial charge in [-0.2, -0.15) is 0 Å². The van der Waals surface area contributed by atoms with Crippen LogP contribution in [0.3, 0.4) is 0 Å². The van der Waals surface area contributed by atoms with Crippen LogP contribution in [0.1, 0.15) is 54.8 Å². The van der Waals surface area contributed by atoms with Crippen molar-refractivity contribution in [3.8, 4) is 0 Å². The summed E-state index contributed by atoms with van der Waals surface area (Å²) in [7, 11) is 1.38. The Hall–Kier alpha value is -2.62. The van der Waals surface area contributed by atoms with Gasteiger partial charge < -0.3 is 9.30 Å². The number of hydrogen-bond donors (Lipinski definition) is 0. The van der Waals surface area contributed by atoms with Crippen LogP contribution in [0.2, 0.25) is 0 Å². The molecule has 0 amide bonds. The second-order valence-electron chi connectivity index (χ2n) is 5.63. The normalized spacial score (nSPS) is 10.4. The van der Waals surface area contributed by atoms with Crippen molar-refractivity contribution >= 4 is 33.6 Å². The zero-order valence-electron chi connectivity index (χ0n) is 15.6. The Kier molecular flexibility index (Phi) is 5.97. The van der Waals surface area contributed by atoms with E-state index in [1.165, 1.54) is 7.11 Å². The molecule has 0 atom stereocenters. The Morgan fingerprint density at radius 2 is 1.80 bits per heavy atom. The first-order valence-electron chi connectivity index (χ1n) is 8.72. The molecule has 25 heavy (non-hydrogen) atoms. The molecule has 0 radical (unpaired) electrons. The average molecular weight is 339 g/mol. The Morgan fingerprint density at radius 3 is 2.40 bits per heavy atom. The van der Waals surface area contributed by atoms with Gasteiger partial charge in [0.15, 0.2) is 5.78 Å². The van der Waals surface area contributed by atoms with Crippen molar-refractivity contribution in [3.63, 3.8) is 0 Å². The molecular formula is C21H25NO3. The molecule has 0 unspecified atom stereocenters. The average Bonchev–Trinajstić information content (AvgIpc) is 2.96. The molecule has 3 aromatic rings. The summed E-state index contributed by atoms with van der Waals surface area (Å²) in [6, 6.07) is 11.3. The first-order chi connectivity index (χ1) is 12.1. The molecule has 0 spiro atoms. The van der Waals surface area contributed by atoms with Crippen LogP contribution in [0, 0.1) is 0 Å². The minimum atomic E-state index is -0.362. The van der Waals surface area contributed by atoms with Gasteiger partial charge >= 0.3 is 5.97 Å². The summed E-state index contributed by atoms with van der Waals surface area (Å²) >= 11 is 0. The minimum Gasteiger partial charge on any atom is -0.465 e. The highest BCUT2D eigenvalue weighted by Crippen LogP contribution is 2.33. The Balaban J connectivity index is 0.00000109. The summed E-state index contributed by atoms with van der Waals surface area (Å²) in [5.41, 5.74) is 3.20. The number of esters is 1. The van der Waals surface area contributed by atoms with Gasteiger partial charge in [-0.05, 0) is 43.7 Å².